The number of H-pyrrole nitrogens is 1. The number of nitrogens with one attached hydrogen (secondary N) is 1. The third-order valence-corrected chi connectivity index (χ3v) is 6.35. The molecular formula is C24H26N2O3. The maximum Gasteiger partial charge on any atom is 0.335 e. The molecule has 0 amide bonds. The highest BCUT2D eigenvalue weighted by molar-refractivity contribution is 6.13. The number of nitrogens with zero attached hydrogens (tertiary/aromatic N) is 1. The molecule has 0 radical (unpaired) electrons. The Kier molecular flexibility index (Phi) is 4.30. The standard InChI is InChI=1S/C24H26N2O3/c1-23(2)9-10-24(3,4)18-12-14(5-7-17(18)23)21(26-29)20-13-16-11-15(22(27)28)6-8-19(16)25-20/h5-8,11-13,25,29H,9-10H2,1-4H3,(H,27,28). The van der Waals surface area contributed by atoms with E-state index in [4.69, 9.17) is 0 Å². The molecule has 29 heavy (non-hydrogen) atoms. The van der Waals surface area contributed by atoms with Crippen molar-refractivity contribution in [3.63, 3.8) is 0 Å². The molecule has 3 N–H and O–H groups in total. The van der Waals surface area contributed by atoms with Crippen LogP contribution in [0.1, 0.15) is 73.3 Å². The summed E-state index contributed by atoms with van der Waals surface area (Å²) in [7, 11) is 0. The zero-order valence-electron chi connectivity index (χ0n) is 17.2. The van der Waals surface area contributed by atoms with Crippen LogP contribution in [0.2, 0.25) is 0 Å². The van der Waals surface area contributed by atoms with Gasteiger partial charge in [0.25, 0.3) is 0 Å². The second kappa shape index (κ2) is 6.48. The van der Waals surface area contributed by atoms with E-state index in [0.717, 1.165) is 29.3 Å². The molecule has 4 rings (SSSR count). The molecule has 5 nitrogen and oxygen atoms in total. The van der Waals surface area contributed by atoms with Gasteiger partial charge in [0.1, 0.15) is 5.71 Å². The number of aromatic nitrogens is 1. The first-order valence-corrected chi connectivity index (χ1v) is 9.86. The third-order valence-electron chi connectivity index (χ3n) is 6.35. The molecule has 0 atom stereocenters. The molecule has 150 valence electrons. The van der Waals surface area contributed by atoms with E-state index in [0.29, 0.717) is 11.4 Å². The van der Waals surface area contributed by atoms with E-state index in [1.54, 1.807) is 18.2 Å². The number of hydrogen-bond acceptors (Lipinski definition) is 3. The van der Waals surface area contributed by atoms with Crippen molar-refractivity contribution in [2.45, 2.75) is 51.4 Å². The summed E-state index contributed by atoms with van der Waals surface area (Å²) in [5.41, 5.74) is 5.76. The molecule has 1 aliphatic carbocycles. The SMILES string of the molecule is CC1(C)CCC(C)(C)c2cc(C(=NO)c3cc4cc(C(=O)O)ccc4[nH]3)ccc21. The van der Waals surface area contributed by atoms with Gasteiger partial charge in [-0.25, -0.2) is 4.79 Å². The zero-order chi connectivity index (χ0) is 21.0. The van der Waals surface area contributed by atoms with E-state index < -0.39 is 5.97 Å². The molecule has 0 aliphatic heterocycles. The van der Waals surface area contributed by atoms with E-state index in [-0.39, 0.29) is 16.4 Å². The Morgan fingerprint density at radius 3 is 2.24 bits per heavy atom. The second-order valence-electron chi connectivity index (χ2n) is 9.27. The highest BCUT2D eigenvalue weighted by Crippen LogP contribution is 2.46. The van der Waals surface area contributed by atoms with Crippen LogP contribution in [0.4, 0.5) is 0 Å². The summed E-state index contributed by atoms with van der Waals surface area (Å²) >= 11 is 0. The van der Waals surface area contributed by atoms with Crippen LogP contribution in [0, 0.1) is 0 Å². The van der Waals surface area contributed by atoms with Crippen molar-refractivity contribution >= 4 is 22.6 Å². The van der Waals surface area contributed by atoms with Crippen LogP contribution in [0.3, 0.4) is 0 Å². The fourth-order valence-electron chi connectivity index (χ4n) is 4.40. The van der Waals surface area contributed by atoms with Crippen LogP contribution in [0.25, 0.3) is 10.9 Å². The van der Waals surface area contributed by atoms with E-state index >= 15 is 0 Å². The predicted molar refractivity (Wildman–Crippen MR) is 114 cm³/mol. The monoisotopic (exact) mass is 390 g/mol. The molecule has 0 unspecified atom stereocenters. The minimum absolute atomic E-state index is 0.0538. The van der Waals surface area contributed by atoms with Crippen LogP contribution in [-0.2, 0) is 10.8 Å². The van der Waals surface area contributed by atoms with Gasteiger partial charge in [0.2, 0.25) is 0 Å². The average Bonchev–Trinajstić information content (AvgIpc) is 3.09. The maximum absolute atomic E-state index is 11.2. The maximum atomic E-state index is 11.2. The summed E-state index contributed by atoms with van der Waals surface area (Å²) in [5, 5.41) is 23.4. The largest absolute Gasteiger partial charge is 0.478 e. The zero-order valence-corrected chi connectivity index (χ0v) is 17.2. The summed E-state index contributed by atoms with van der Waals surface area (Å²) in [6.45, 7) is 9.08. The number of benzene rings is 2. The number of oxime groups is 1. The van der Waals surface area contributed by atoms with Gasteiger partial charge in [0.15, 0.2) is 0 Å². The molecule has 0 spiro atoms. The van der Waals surface area contributed by atoms with E-state index in [1.165, 1.54) is 11.1 Å². The Labute approximate surface area is 170 Å². The van der Waals surface area contributed by atoms with Crippen LogP contribution in [0.15, 0.2) is 47.6 Å². The molecule has 5 heteroatoms. The quantitative estimate of drug-likeness (QED) is 0.316. The van der Waals surface area contributed by atoms with Gasteiger partial charge in [-0.3, -0.25) is 0 Å². The van der Waals surface area contributed by atoms with Gasteiger partial charge in [0, 0.05) is 16.5 Å². The van der Waals surface area contributed by atoms with E-state index in [9.17, 15) is 15.1 Å². The molecule has 3 aromatic rings. The first kappa shape index (κ1) is 19.2. The normalized spacial score (nSPS) is 17.9. The first-order valence-electron chi connectivity index (χ1n) is 9.86. The lowest BCUT2D eigenvalue weighted by Gasteiger charge is -2.42. The summed E-state index contributed by atoms with van der Waals surface area (Å²) in [6.07, 6.45) is 2.24. The smallest absolute Gasteiger partial charge is 0.335 e. The molecule has 0 fully saturated rings. The van der Waals surface area contributed by atoms with Crippen LogP contribution in [0.5, 0.6) is 0 Å². The lowest BCUT2D eigenvalue weighted by Crippen LogP contribution is -2.34. The lowest BCUT2D eigenvalue weighted by atomic mass is 9.63. The van der Waals surface area contributed by atoms with Crippen LogP contribution in [-0.4, -0.2) is 27.0 Å². The van der Waals surface area contributed by atoms with Gasteiger partial charge in [0.05, 0.1) is 11.3 Å². The molecule has 1 heterocycles. The molecule has 0 saturated carbocycles. The van der Waals surface area contributed by atoms with Gasteiger partial charge >= 0.3 is 5.97 Å². The highest BCUT2D eigenvalue weighted by atomic mass is 16.4. The summed E-state index contributed by atoms with van der Waals surface area (Å²) < 4.78 is 0. The van der Waals surface area contributed by atoms with E-state index in [2.05, 4.69) is 50.0 Å². The summed E-state index contributed by atoms with van der Waals surface area (Å²) in [5.74, 6) is -0.967. The van der Waals surface area contributed by atoms with Gasteiger partial charge < -0.3 is 15.3 Å². The number of hydrogen-bond donors (Lipinski definition) is 3. The lowest BCUT2D eigenvalue weighted by molar-refractivity contribution is 0.0697. The van der Waals surface area contributed by atoms with Gasteiger partial charge in [-0.2, -0.15) is 0 Å². The number of fused-ring (bicyclic) bond motifs is 2. The van der Waals surface area contributed by atoms with E-state index in [1.807, 2.05) is 12.1 Å². The van der Waals surface area contributed by atoms with Gasteiger partial charge in [-0.05, 0) is 65.1 Å². The molecule has 0 saturated heterocycles. The van der Waals surface area contributed by atoms with Crippen LogP contribution >= 0.6 is 0 Å². The molecule has 1 aromatic heterocycles. The van der Waals surface area contributed by atoms with Crippen LogP contribution < -0.4 is 0 Å². The minimum Gasteiger partial charge on any atom is -0.478 e. The Bertz CT molecular complexity index is 1150. The van der Waals surface area contributed by atoms with Crippen molar-refractivity contribution in [2.75, 3.05) is 0 Å². The number of aromatic carboxylic acids is 1. The fraction of sp³-hybridized carbons (Fsp3) is 0.333. The Balaban J connectivity index is 1.82. The average molecular weight is 390 g/mol. The summed E-state index contributed by atoms with van der Waals surface area (Å²) in [6, 6.07) is 13.0. The molecule has 2 aromatic carbocycles. The number of carboxylic acid groups (broad SMARTS) is 1. The number of aromatic amines is 1. The topological polar surface area (TPSA) is 85.7 Å². The predicted octanol–water partition coefficient (Wildman–Crippen LogP) is 5.44. The van der Waals surface area contributed by atoms with Gasteiger partial charge in [-0.15, -0.1) is 0 Å². The molecule has 0 bridgehead atoms. The minimum atomic E-state index is -0.967. The number of rotatable bonds is 3. The molecular weight excluding hydrogens is 364 g/mol. The van der Waals surface area contributed by atoms with Crippen molar-refractivity contribution in [2.24, 2.45) is 5.16 Å². The van der Waals surface area contributed by atoms with Crippen molar-refractivity contribution in [1.82, 2.24) is 4.98 Å². The van der Waals surface area contributed by atoms with Gasteiger partial charge in [-0.1, -0.05) is 45.0 Å². The summed E-state index contributed by atoms with van der Waals surface area (Å²) in [4.78, 5) is 14.5. The Morgan fingerprint density at radius 1 is 0.931 bits per heavy atom. The van der Waals surface area contributed by atoms with Crippen molar-refractivity contribution < 1.29 is 15.1 Å². The second-order valence-corrected chi connectivity index (χ2v) is 9.27. The first-order chi connectivity index (χ1) is 13.6. The number of carboxylic acids is 1. The number of carbonyl (C=O) groups is 1. The van der Waals surface area contributed by atoms with Crippen molar-refractivity contribution in [3.8, 4) is 0 Å². The third kappa shape index (κ3) is 3.20. The fourth-order valence-corrected chi connectivity index (χ4v) is 4.40. The Hall–Kier alpha value is -3.08. The van der Waals surface area contributed by atoms with Crippen molar-refractivity contribution in [3.05, 3.63) is 70.4 Å². The molecule has 1 aliphatic rings. The Morgan fingerprint density at radius 2 is 1.59 bits per heavy atom. The van der Waals surface area contributed by atoms with Crippen molar-refractivity contribution in [1.29, 1.82) is 0 Å². The highest BCUT2D eigenvalue weighted by Gasteiger charge is 2.37.